The van der Waals surface area contributed by atoms with Gasteiger partial charge in [0.25, 0.3) is 0 Å². The average molecular weight is 263 g/mol. The zero-order valence-electron chi connectivity index (χ0n) is 10.7. The third-order valence-electron chi connectivity index (χ3n) is 3.09. The number of aromatic amines is 1. The Kier molecular flexibility index (Phi) is 5.03. The Labute approximate surface area is 111 Å². The molecule has 102 valence electrons. The number of aromatic nitrogens is 3. The van der Waals surface area contributed by atoms with Crippen LogP contribution in [0.25, 0.3) is 11.4 Å². The molecule has 19 heavy (non-hydrogen) atoms. The topological polar surface area (TPSA) is 61.8 Å². The summed E-state index contributed by atoms with van der Waals surface area (Å²) in [7, 11) is 0. The van der Waals surface area contributed by atoms with E-state index in [4.69, 9.17) is 5.11 Å². The van der Waals surface area contributed by atoms with E-state index in [2.05, 4.69) is 15.2 Å². The van der Waals surface area contributed by atoms with Gasteiger partial charge < -0.3 is 5.11 Å². The predicted molar refractivity (Wildman–Crippen MR) is 70.9 cm³/mol. The summed E-state index contributed by atoms with van der Waals surface area (Å²) in [4.78, 5) is 3.89. The Hall–Kier alpha value is -1.75. The summed E-state index contributed by atoms with van der Waals surface area (Å²) in [6.45, 7) is 0. The van der Waals surface area contributed by atoms with Crippen molar-refractivity contribution < 1.29 is 9.50 Å². The highest BCUT2D eigenvalue weighted by Crippen LogP contribution is 2.16. The molecule has 3 rings (SSSR count). The van der Waals surface area contributed by atoms with E-state index in [0.717, 1.165) is 12.8 Å². The van der Waals surface area contributed by atoms with E-state index in [1.807, 2.05) is 0 Å². The van der Waals surface area contributed by atoms with Crippen molar-refractivity contribution in [2.75, 3.05) is 0 Å². The van der Waals surface area contributed by atoms with Crippen molar-refractivity contribution in [3.8, 4) is 11.4 Å². The number of hydrogen-bond acceptors (Lipinski definition) is 3. The largest absolute Gasteiger partial charge is 0.393 e. The molecular weight excluding hydrogens is 245 g/mol. The molecule has 5 heteroatoms. The van der Waals surface area contributed by atoms with Crippen LogP contribution in [0.3, 0.4) is 0 Å². The van der Waals surface area contributed by atoms with Crippen LogP contribution in [-0.4, -0.2) is 26.4 Å². The Morgan fingerprint density at radius 1 is 1.21 bits per heavy atom. The number of aliphatic hydroxyl groups excluding tert-OH is 1. The molecule has 2 aromatic rings. The van der Waals surface area contributed by atoms with Crippen molar-refractivity contribution in [2.24, 2.45) is 0 Å². The molecule has 0 bridgehead atoms. The van der Waals surface area contributed by atoms with Crippen molar-refractivity contribution in [1.82, 2.24) is 15.2 Å². The molecule has 2 N–H and O–H groups in total. The van der Waals surface area contributed by atoms with Crippen molar-refractivity contribution in [1.29, 1.82) is 0 Å². The van der Waals surface area contributed by atoms with Gasteiger partial charge in [-0.25, -0.2) is 9.37 Å². The summed E-state index contributed by atoms with van der Waals surface area (Å²) < 4.78 is 12.7. The SMILES string of the molecule is Fc1cccc(-c2ncn[nH]2)c1.OC1CCCCC1. The second-order valence-corrected chi connectivity index (χ2v) is 4.64. The fourth-order valence-corrected chi connectivity index (χ4v) is 2.06. The Balaban J connectivity index is 0.000000163. The normalized spacial score (nSPS) is 15.7. The van der Waals surface area contributed by atoms with Gasteiger partial charge in [0, 0.05) is 5.56 Å². The molecule has 0 spiro atoms. The number of hydrogen-bond donors (Lipinski definition) is 2. The Morgan fingerprint density at radius 2 is 2.00 bits per heavy atom. The van der Waals surface area contributed by atoms with E-state index in [1.54, 1.807) is 12.1 Å². The lowest BCUT2D eigenvalue weighted by atomic mass is 9.98. The van der Waals surface area contributed by atoms with Gasteiger partial charge in [0.2, 0.25) is 0 Å². The summed E-state index contributed by atoms with van der Waals surface area (Å²) in [6, 6.07) is 6.19. The first-order valence-corrected chi connectivity index (χ1v) is 6.55. The number of benzene rings is 1. The zero-order valence-corrected chi connectivity index (χ0v) is 10.7. The quantitative estimate of drug-likeness (QED) is 0.831. The molecule has 0 aliphatic heterocycles. The van der Waals surface area contributed by atoms with Crippen LogP contribution in [-0.2, 0) is 0 Å². The number of rotatable bonds is 1. The highest BCUT2D eigenvalue weighted by molar-refractivity contribution is 5.53. The number of halogens is 1. The summed E-state index contributed by atoms with van der Waals surface area (Å²) in [5.74, 6) is 0.304. The second-order valence-electron chi connectivity index (χ2n) is 4.64. The summed E-state index contributed by atoms with van der Waals surface area (Å²) in [5.41, 5.74) is 0.701. The Bertz CT molecular complexity index is 481. The molecule has 1 aliphatic carbocycles. The van der Waals surface area contributed by atoms with Crippen molar-refractivity contribution >= 4 is 0 Å². The molecule has 0 unspecified atom stereocenters. The Morgan fingerprint density at radius 3 is 2.53 bits per heavy atom. The molecule has 1 aromatic carbocycles. The van der Waals surface area contributed by atoms with Crippen LogP contribution >= 0.6 is 0 Å². The van der Waals surface area contributed by atoms with Gasteiger partial charge in [0.05, 0.1) is 6.10 Å². The minimum Gasteiger partial charge on any atom is -0.393 e. The molecule has 1 fully saturated rings. The lowest BCUT2D eigenvalue weighted by molar-refractivity contribution is 0.130. The monoisotopic (exact) mass is 263 g/mol. The third kappa shape index (κ3) is 4.44. The van der Waals surface area contributed by atoms with E-state index in [1.165, 1.54) is 37.7 Å². The van der Waals surface area contributed by atoms with Gasteiger partial charge in [-0.05, 0) is 25.0 Å². The van der Waals surface area contributed by atoms with Gasteiger partial charge in [-0.15, -0.1) is 0 Å². The molecular formula is C14H18FN3O. The van der Waals surface area contributed by atoms with Gasteiger partial charge in [-0.3, -0.25) is 5.10 Å². The standard InChI is InChI=1S/C8H6FN3.C6H12O/c9-7-3-1-2-6(4-7)8-10-5-11-12-8;7-6-4-2-1-3-5-6/h1-5H,(H,10,11,12);6-7H,1-5H2. The first kappa shape index (κ1) is 13.7. The molecule has 1 heterocycles. The molecule has 1 aromatic heterocycles. The van der Waals surface area contributed by atoms with Crippen molar-refractivity contribution in [2.45, 2.75) is 38.2 Å². The second kappa shape index (κ2) is 6.99. The fourth-order valence-electron chi connectivity index (χ4n) is 2.06. The van der Waals surface area contributed by atoms with E-state index in [-0.39, 0.29) is 11.9 Å². The smallest absolute Gasteiger partial charge is 0.155 e. The molecule has 1 saturated carbocycles. The van der Waals surface area contributed by atoms with Crippen LogP contribution in [0.15, 0.2) is 30.6 Å². The van der Waals surface area contributed by atoms with Crippen LogP contribution in [0.4, 0.5) is 4.39 Å². The minimum atomic E-state index is -0.274. The molecule has 0 atom stereocenters. The maximum absolute atomic E-state index is 12.7. The van der Waals surface area contributed by atoms with Gasteiger partial charge in [-0.1, -0.05) is 31.4 Å². The van der Waals surface area contributed by atoms with Gasteiger partial charge in [0.15, 0.2) is 5.82 Å². The highest BCUT2D eigenvalue weighted by Gasteiger charge is 2.07. The molecule has 0 radical (unpaired) electrons. The van der Waals surface area contributed by atoms with Crippen LogP contribution < -0.4 is 0 Å². The van der Waals surface area contributed by atoms with E-state index in [0.29, 0.717) is 11.4 Å². The highest BCUT2D eigenvalue weighted by atomic mass is 19.1. The summed E-state index contributed by atoms with van der Waals surface area (Å²) >= 11 is 0. The van der Waals surface area contributed by atoms with Crippen LogP contribution in [0.1, 0.15) is 32.1 Å². The number of aliphatic hydroxyl groups is 1. The average Bonchev–Trinajstić information content (AvgIpc) is 2.94. The van der Waals surface area contributed by atoms with E-state index in [9.17, 15) is 4.39 Å². The number of nitrogens with one attached hydrogen (secondary N) is 1. The third-order valence-corrected chi connectivity index (χ3v) is 3.09. The van der Waals surface area contributed by atoms with Crippen molar-refractivity contribution in [3.05, 3.63) is 36.4 Å². The molecule has 0 saturated heterocycles. The first-order chi connectivity index (χ1) is 9.25. The van der Waals surface area contributed by atoms with Crippen LogP contribution in [0, 0.1) is 5.82 Å². The lowest BCUT2D eigenvalue weighted by Crippen LogP contribution is -2.09. The first-order valence-electron chi connectivity index (χ1n) is 6.55. The number of H-pyrrole nitrogens is 1. The lowest BCUT2D eigenvalue weighted by Gasteiger charge is -2.14. The molecule has 1 aliphatic rings. The maximum atomic E-state index is 12.7. The minimum absolute atomic E-state index is 0.0359. The predicted octanol–water partition coefficient (Wildman–Crippen LogP) is 2.92. The molecule has 0 amide bonds. The fraction of sp³-hybridized carbons (Fsp3) is 0.429. The zero-order chi connectivity index (χ0) is 13.5. The maximum Gasteiger partial charge on any atom is 0.155 e. The van der Waals surface area contributed by atoms with E-state index < -0.39 is 0 Å². The van der Waals surface area contributed by atoms with Gasteiger partial charge >= 0.3 is 0 Å². The summed E-state index contributed by atoms with van der Waals surface area (Å²) in [6.07, 6.45) is 7.31. The summed E-state index contributed by atoms with van der Waals surface area (Å²) in [5, 5.41) is 15.2. The van der Waals surface area contributed by atoms with Crippen LogP contribution in [0.5, 0.6) is 0 Å². The van der Waals surface area contributed by atoms with Crippen LogP contribution in [0.2, 0.25) is 0 Å². The molecule has 4 nitrogen and oxygen atoms in total. The van der Waals surface area contributed by atoms with Crippen molar-refractivity contribution in [3.63, 3.8) is 0 Å². The van der Waals surface area contributed by atoms with Gasteiger partial charge in [0.1, 0.15) is 12.1 Å². The van der Waals surface area contributed by atoms with Gasteiger partial charge in [-0.2, -0.15) is 5.10 Å². The van der Waals surface area contributed by atoms with E-state index >= 15 is 0 Å². The number of nitrogens with zero attached hydrogens (tertiary/aromatic N) is 2.